The molecule has 20 heavy (non-hydrogen) atoms. The van der Waals surface area contributed by atoms with Crippen LogP contribution in [0.15, 0.2) is 0 Å². The molecule has 0 fully saturated rings. The summed E-state index contributed by atoms with van der Waals surface area (Å²) in [5, 5.41) is 23.9. The lowest BCUT2D eigenvalue weighted by atomic mass is 10.0. The summed E-state index contributed by atoms with van der Waals surface area (Å²) >= 11 is 0. The number of hydrogen-bond acceptors (Lipinski definition) is 6. The van der Waals surface area contributed by atoms with Crippen molar-refractivity contribution in [3.05, 3.63) is 0 Å². The monoisotopic (exact) mass is 324 g/mol. The molecule has 0 aliphatic rings. The van der Waals surface area contributed by atoms with Crippen molar-refractivity contribution in [2.45, 2.75) is 49.3 Å². The molecule has 0 rings (SSSR count). The van der Waals surface area contributed by atoms with E-state index >= 15 is 0 Å². The molecule has 0 bridgehead atoms. The van der Waals surface area contributed by atoms with Crippen LogP contribution in [0.25, 0.3) is 0 Å². The SMILES string of the molecule is CN[C@H](C(=O)O)C(C)(C)SSC(C)(C)[C@H](NC)C(=O)O. The molecule has 0 saturated carbocycles. The van der Waals surface area contributed by atoms with Crippen LogP contribution in [-0.2, 0) is 9.59 Å². The summed E-state index contributed by atoms with van der Waals surface area (Å²) in [4.78, 5) is 22.4. The Labute approximate surface area is 127 Å². The summed E-state index contributed by atoms with van der Waals surface area (Å²) in [6.07, 6.45) is 0. The third-order valence-electron chi connectivity index (χ3n) is 2.93. The second kappa shape index (κ2) is 7.53. The van der Waals surface area contributed by atoms with Crippen LogP contribution in [0.3, 0.4) is 0 Å². The number of carbonyl (C=O) groups is 2. The molecule has 0 heterocycles. The first-order chi connectivity index (χ1) is 8.99. The van der Waals surface area contributed by atoms with Gasteiger partial charge in [0.1, 0.15) is 12.1 Å². The molecule has 0 aromatic heterocycles. The molecular formula is C12H24N2O4S2. The Morgan fingerprint density at radius 2 is 1.10 bits per heavy atom. The first-order valence-electron chi connectivity index (χ1n) is 6.16. The van der Waals surface area contributed by atoms with E-state index < -0.39 is 33.5 Å². The lowest BCUT2D eigenvalue weighted by Crippen LogP contribution is -2.50. The van der Waals surface area contributed by atoms with Crippen LogP contribution in [0.2, 0.25) is 0 Å². The molecule has 4 N–H and O–H groups in total. The molecule has 0 aromatic rings. The normalized spacial score (nSPS) is 15.7. The Kier molecular flexibility index (Phi) is 7.37. The number of carboxylic acid groups (broad SMARTS) is 2. The van der Waals surface area contributed by atoms with Crippen molar-refractivity contribution >= 4 is 33.5 Å². The zero-order valence-electron chi connectivity index (χ0n) is 12.7. The Bertz CT molecular complexity index is 327. The summed E-state index contributed by atoms with van der Waals surface area (Å²) in [5.74, 6) is -1.85. The van der Waals surface area contributed by atoms with E-state index in [1.54, 1.807) is 14.1 Å². The van der Waals surface area contributed by atoms with Crippen molar-refractivity contribution in [1.29, 1.82) is 0 Å². The van der Waals surface area contributed by atoms with E-state index in [1.807, 2.05) is 27.7 Å². The zero-order valence-corrected chi connectivity index (χ0v) is 14.3. The molecule has 0 aromatic carbocycles. The van der Waals surface area contributed by atoms with Crippen LogP contribution in [0.1, 0.15) is 27.7 Å². The molecule has 2 atom stereocenters. The van der Waals surface area contributed by atoms with Crippen molar-refractivity contribution in [3.63, 3.8) is 0 Å². The zero-order chi connectivity index (χ0) is 16.1. The van der Waals surface area contributed by atoms with Crippen LogP contribution < -0.4 is 10.6 Å². The summed E-state index contributed by atoms with van der Waals surface area (Å²) in [6, 6.07) is -1.43. The quantitative estimate of drug-likeness (QED) is 0.471. The number of carboxylic acids is 2. The summed E-state index contributed by atoms with van der Waals surface area (Å²) in [5.41, 5.74) is 0. The number of likely N-dealkylation sites (N-methyl/N-ethyl adjacent to an activating group) is 2. The maximum atomic E-state index is 11.2. The van der Waals surface area contributed by atoms with E-state index in [1.165, 1.54) is 21.6 Å². The standard InChI is InChI=1S/C12H24N2O4S2/c1-11(2,7(13-5)9(15)16)19-20-12(3,4)8(14-6)10(17)18/h7-8,13-14H,1-6H3,(H,15,16)(H,17,18)/t7-,8-/m1/s1. The number of rotatable bonds is 9. The van der Waals surface area contributed by atoms with Gasteiger partial charge in [-0.05, 0) is 41.8 Å². The minimum absolute atomic E-state index is 0.584. The maximum Gasteiger partial charge on any atom is 0.322 e. The highest BCUT2D eigenvalue weighted by Crippen LogP contribution is 2.46. The average Bonchev–Trinajstić information content (AvgIpc) is 2.26. The minimum atomic E-state index is -0.924. The van der Waals surface area contributed by atoms with E-state index in [0.717, 1.165) is 0 Å². The van der Waals surface area contributed by atoms with Crippen molar-refractivity contribution in [1.82, 2.24) is 10.6 Å². The molecule has 6 nitrogen and oxygen atoms in total. The fourth-order valence-corrected chi connectivity index (χ4v) is 4.77. The first-order valence-corrected chi connectivity index (χ1v) is 8.31. The average molecular weight is 324 g/mol. The maximum absolute atomic E-state index is 11.2. The topological polar surface area (TPSA) is 98.7 Å². The van der Waals surface area contributed by atoms with Gasteiger partial charge in [-0.3, -0.25) is 9.59 Å². The second-order valence-electron chi connectivity index (χ2n) is 5.49. The summed E-state index contributed by atoms with van der Waals surface area (Å²) < 4.78 is -1.17. The fraction of sp³-hybridized carbons (Fsp3) is 0.833. The molecule has 0 amide bonds. The van der Waals surface area contributed by atoms with Gasteiger partial charge in [0.2, 0.25) is 0 Å². The van der Waals surface area contributed by atoms with Gasteiger partial charge in [0.15, 0.2) is 0 Å². The second-order valence-corrected chi connectivity index (χ2v) is 8.93. The van der Waals surface area contributed by atoms with E-state index in [9.17, 15) is 19.8 Å². The lowest BCUT2D eigenvalue weighted by molar-refractivity contribution is -0.141. The lowest BCUT2D eigenvalue weighted by Gasteiger charge is -2.35. The molecule has 8 heteroatoms. The van der Waals surface area contributed by atoms with Gasteiger partial charge >= 0.3 is 11.9 Å². The van der Waals surface area contributed by atoms with E-state index in [2.05, 4.69) is 10.6 Å². The first kappa shape index (κ1) is 19.6. The van der Waals surface area contributed by atoms with Gasteiger partial charge in [-0.1, -0.05) is 21.6 Å². The number of aliphatic carboxylic acids is 2. The highest BCUT2D eigenvalue weighted by Gasteiger charge is 2.40. The third kappa shape index (κ3) is 5.16. The minimum Gasteiger partial charge on any atom is -0.480 e. The van der Waals surface area contributed by atoms with Crippen molar-refractivity contribution in [2.75, 3.05) is 14.1 Å². The molecule has 0 radical (unpaired) electrons. The summed E-state index contributed by atoms with van der Waals surface area (Å²) in [7, 11) is 5.96. The van der Waals surface area contributed by atoms with Crippen molar-refractivity contribution < 1.29 is 19.8 Å². The Morgan fingerprint density at radius 1 is 0.850 bits per heavy atom. The van der Waals surface area contributed by atoms with Crippen molar-refractivity contribution in [3.8, 4) is 0 Å². The molecule has 0 aliphatic carbocycles. The fourth-order valence-electron chi connectivity index (χ4n) is 1.85. The smallest absolute Gasteiger partial charge is 0.322 e. The largest absolute Gasteiger partial charge is 0.480 e. The van der Waals surface area contributed by atoms with Crippen LogP contribution in [0.5, 0.6) is 0 Å². The highest BCUT2D eigenvalue weighted by molar-refractivity contribution is 8.77. The number of nitrogens with one attached hydrogen (secondary N) is 2. The molecule has 118 valence electrons. The molecular weight excluding hydrogens is 300 g/mol. The Balaban J connectivity index is 4.89. The predicted octanol–water partition coefficient (Wildman–Crippen LogP) is 1.27. The summed E-state index contributed by atoms with van der Waals surface area (Å²) in [6.45, 7) is 7.30. The van der Waals surface area contributed by atoms with Crippen molar-refractivity contribution in [2.24, 2.45) is 0 Å². The van der Waals surface area contributed by atoms with Crippen LogP contribution >= 0.6 is 21.6 Å². The molecule has 0 unspecified atom stereocenters. The van der Waals surface area contributed by atoms with E-state index in [4.69, 9.17) is 0 Å². The van der Waals surface area contributed by atoms with E-state index in [-0.39, 0.29) is 0 Å². The number of hydrogen-bond donors (Lipinski definition) is 4. The van der Waals surface area contributed by atoms with Gasteiger partial charge in [-0.2, -0.15) is 0 Å². The van der Waals surface area contributed by atoms with E-state index in [0.29, 0.717) is 0 Å². The molecule has 0 aliphatic heterocycles. The van der Waals surface area contributed by atoms with Gasteiger partial charge in [-0.25, -0.2) is 0 Å². The van der Waals surface area contributed by atoms with Crippen LogP contribution in [0.4, 0.5) is 0 Å². The van der Waals surface area contributed by atoms with Gasteiger partial charge in [0, 0.05) is 9.49 Å². The predicted molar refractivity (Wildman–Crippen MR) is 84.3 cm³/mol. The third-order valence-corrected chi connectivity index (χ3v) is 7.17. The highest BCUT2D eigenvalue weighted by atomic mass is 33.1. The van der Waals surface area contributed by atoms with Gasteiger partial charge in [0.25, 0.3) is 0 Å². The van der Waals surface area contributed by atoms with Gasteiger partial charge in [-0.15, -0.1) is 0 Å². The Hall–Kier alpha value is -0.440. The Morgan fingerprint density at radius 3 is 1.25 bits per heavy atom. The van der Waals surface area contributed by atoms with Gasteiger partial charge < -0.3 is 20.8 Å². The van der Waals surface area contributed by atoms with Crippen LogP contribution in [-0.4, -0.2) is 57.8 Å². The van der Waals surface area contributed by atoms with Gasteiger partial charge in [0.05, 0.1) is 0 Å². The van der Waals surface area contributed by atoms with Crippen LogP contribution in [0, 0.1) is 0 Å². The molecule has 0 saturated heterocycles. The molecule has 0 spiro atoms.